The number of hydrogen-bond acceptors (Lipinski definition) is 4. The Labute approximate surface area is 170 Å². The molecule has 2 rings (SSSR count). The molecule has 0 atom stereocenters. The average Bonchev–Trinajstić information content (AvgIpc) is 2.71. The van der Waals surface area contributed by atoms with E-state index in [4.69, 9.17) is 14.5 Å². The highest BCUT2D eigenvalue weighted by molar-refractivity contribution is 5.79. The Morgan fingerprint density at radius 2 is 1.93 bits per heavy atom. The van der Waals surface area contributed by atoms with E-state index in [2.05, 4.69) is 60.6 Å². The second-order valence-electron chi connectivity index (χ2n) is 7.83. The lowest BCUT2D eigenvalue weighted by Gasteiger charge is -2.40. The number of aliphatic imine (C=N–C) groups is 1. The summed E-state index contributed by atoms with van der Waals surface area (Å²) in [5, 5.41) is 6.76. The molecule has 0 spiro atoms. The third kappa shape index (κ3) is 7.41. The van der Waals surface area contributed by atoms with E-state index in [1.54, 1.807) is 7.11 Å². The molecule has 0 saturated heterocycles. The number of rotatable bonds is 11. The van der Waals surface area contributed by atoms with Gasteiger partial charge in [0.15, 0.2) is 5.96 Å². The van der Waals surface area contributed by atoms with Crippen molar-refractivity contribution in [2.24, 2.45) is 4.99 Å². The van der Waals surface area contributed by atoms with Crippen LogP contribution >= 0.6 is 0 Å². The summed E-state index contributed by atoms with van der Waals surface area (Å²) in [5.74, 6) is 0.880. The Morgan fingerprint density at radius 1 is 1.14 bits per heavy atom. The first-order chi connectivity index (χ1) is 13.6. The van der Waals surface area contributed by atoms with Gasteiger partial charge in [-0.25, -0.2) is 0 Å². The van der Waals surface area contributed by atoms with Gasteiger partial charge in [-0.1, -0.05) is 24.3 Å². The van der Waals surface area contributed by atoms with Crippen molar-refractivity contribution in [3.8, 4) is 0 Å². The molecule has 1 aliphatic heterocycles. The van der Waals surface area contributed by atoms with Crippen LogP contribution in [0, 0.1) is 0 Å². The first-order valence-corrected chi connectivity index (χ1v) is 10.5. The third-order valence-electron chi connectivity index (χ3n) is 5.14. The van der Waals surface area contributed by atoms with Crippen LogP contribution in [0.2, 0.25) is 0 Å². The van der Waals surface area contributed by atoms with E-state index >= 15 is 0 Å². The fourth-order valence-corrected chi connectivity index (χ4v) is 3.35. The number of guanidine groups is 1. The van der Waals surface area contributed by atoms with E-state index in [0.717, 1.165) is 58.1 Å². The van der Waals surface area contributed by atoms with Gasteiger partial charge in [0.2, 0.25) is 0 Å². The van der Waals surface area contributed by atoms with E-state index in [-0.39, 0.29) is 5.54 Å². The minimum Gasteiger partial charge on any atom is -0.382 e. The predicted octanol–water partition coefficient (Wildman–Crippen LogP) is 2.43. The Hall–Kier alpha value is -1.63. The van der Waals surface area contributed by atoms with Gasteiger partial charge in [-0.3, -0.25) is 9.89 Å². The fourth-order valence-electron chi connectivity index (χ4n) is 3.35. The Bertz CT molecular complexity index is 604. The van der Waals surface area contributed by atoms with Crippen molar-refractivity contribution in [1.29, 1.82) is 0 Å². The highest BCUT2D eigenvalue weighted by atomic mass is 16.5. The minimum absolute atomic E-state index is 0.0130. The van der Waals surface area contributed by atoms with Crippen molar-refractivity contribution in [1.82, 2.24) is 15.5 Å². The van der Waals surface area contributed by atoms with Gasteiger partial charge in [-0.15, -0.1) is 0 Å². The lowest BCUT2D eigenvalue weighted by Crippen LogP contribution is -2.49. The Balaban J connectivity index is 1.81. The summed E-state index contributed by atoms with van der Waals surface area (Å²) < 4.78 is 10.5. The van der Waals surface area contributed by atoms with E-state index in [0.29, 0.717) is 13.2 Å². The lowest BCUT2D eigenvalue weighted by molar-refractivity contribution is 0.0698. The highest BCUT2D eigenvalue weighted by Gasteiger charge is 2.29. The summed E-state index contributed by atoms with van der Waals surface area (Å²) in [4.78, 5) is 7.40. The van der Waals surface area contributed by atoms with Crippen molar-refractivity contribution >= 4 is 5.96 Å². The molecule has 1 aromatic carbocycles. The van der Waals surface area contributed by atoms with Gasteiger partial charge in [-0.05, 0) is 44.7 Å². The summed E-state index contributed by atoms with van der Waals surface area (Å²) in [5.41, 5.74) is 2.95. The molecule has 0 aliphatic carbocycles. The number of benzene rings is 1. The number of fused-ring (bicyclic) bond motifs is 1. The van der Waals surface area contributed by atoms with Crippen LogP contribution in [0.3, 0.4) is 0 Å². The van der Waals surface area contributed by atoms with Crippen LogP contribution in [0.25, 0.3) is 0 Å². The standard InChI is InChI=1S/C22H38N4O2/c1-5-23-21(24-12-8-14-28-16-15-27-4)25-18-22(2,3)26-13-11-19-9-6-7-10-20(19)17-26/h6-7,9-10H,5,8,11-18H2,1-4H3,(H2,23,24,25). The van der Waals surface area contributed by atoms with Crippen LogP contribution in [0.4, 0.5) is 0 Å². The van der Waals surface area contributed by atoms with Gasteiger partial charge < -0.3 is 20.1 Å². The van der Waals surface area contributed by atoms with E-state index in [1.807, 2.05) is 0 Å². The number of nitrogens with one attached hydrogen (secondary N) is 2. The predicted molar refractivity (Wildman–Crippen MR) is 116 cm³/mol. The zero-order chi connectivity index (χ0) is 20.2. The molecule has 1 aliphatic rings. The summed E-state index contributed by atoms with van der Waals surface area (Å²) >= 11 is 0. The van der Waals surface area contributed by atoms with Gasteiger partial charge in [-0.2, -0.15) is 0 Å². The van der Waals surface area contributed by atoms with E-state index in [9.17, 15) is 0 Å². The molecule has 0 saturated carbocycles. The average molecular weight is 391 g/mol. The molecule has 2 N–H and O–H groups in total. The van der Waals surface area contributed by atoms with Crippen LogP contribution in [0.5, 0.6) is 0 Å². The molecule has 1 aromatic rings. The van der Waals surface area contributed by atoms with Crippen LogP contribution in [-0.4, -0.2) is 69.5 Å². The summed E-state index contributed by atoms with van der Waals surface area (Å²) in [6.07, 6.45) is 2.06. The zero-order valence-electron chi connectivity index (χ0n) is 18.1. The van der Waals surface area contributed by atoms with Crippen molar-refractivity contribution in [3.63, 3.8) is 0 Å². The van der Waals surface area contributed by atoms with Crippen molar-refractivity contribution in [2.45, 2.75) is 45.7 Å². The topological polar surface area (TPSA) is 58.1 Å². The molecule has 6 heteroatoms. The maximum atomic E-state index is 5.51. The molecule has 0 bridgehead atoms. The van der Waals surface area contributed by atoms with Gasteiger partial charge in [0.05, 0.1) is 19.8 Å². The van der Waals surface area contributed by atoms with Gasteiger partial charge >= 0.3 is 0 Å². The summed E-state index contributed by atoms with van der Waals surface area (Å²) in [6.45, 7) is 13.2. The number of nitrogens with zero attached hydrogens (tertiary/aromatic N) is 2. The van der Waals surface area contributed by atoms with E-state index in [1.165, 1.54) is 11.1 Å². The van der Waals surface area contributed by atoms with Crippen molar-refractivity contribution < 1.29 is 9.47 Å². The van der Waals surface area contributed by atoms with E-state index < -0.39 is 0 Å². The molecule has 28 heavy (non-hydrogen) atoms. The fraction of sp³-hybridized carbons (Fsp3) is 0.682. The minimum atomic E-state index is 0.0130. The van der Waals surface area contributed by atoms with Gasteiger partial charge in [0.1, 0.15) is 0 Å². The van der Waals surface area contributed by atoms with Crippen molar-refractivity contribution in [3.05, 3.63) is 35.4 Å². The van der Waals surface area contributed by atoms with Crippen LogP contribution < -0.4 is 10.6 Å². The van der Waals surface area contributed by atoms with Crippen molar-refractivity contribution in [2.75, 3.05) is 53.1 Å². The maximum absolute atomic E-state index is 5.51. The SMILES string of the molecule is CCNC(=NCC(C)(C)N1CCc2ccccc2C1)NCCCOCCOC. The molecule has 6 nitrogen and oxygen atoms in total. The second-order valence-corrected chi connectivity index (χ2v) is 7.83. The monoisotopic (exact) mass is 390 g/mol. The lowest BCUT2D eigenvalue weighted by atomic mass is 9.94. The molecule has 0 unspecified atom stereocenters. The molecule has 158 valence electrons. The largest absolute Gasteiger partial charge is 0.382 e. The summed E-state index contributed by atoms with van der Waals surface area (Å²) in [6, 6.07) is 8.78. The molecular formula is C22H38N4O2. The molecule has 0 fully saturated rings. The maximum Gasteiger partial charge on any atom is 0.191 e. The normalized spacial score (nSPS) is 15.4. The number of methoxy groups -OCH3 is 1. The quantitative estimate of drug-likeness (QED) is 0.345. The Kier molecular flexibility index (Phi) is 9.75. The van der Waals surface area contributed by atoms with Crippen LogP contribution in [-0.2, 0) is 22.4 Å². The molecule has 1 heterocycles. The zero-order valence-corrected chi connectivity index (χ0v) is 18.1. The van der Waals surface area contributed by atoms with Gasteiger partial charge in [0, 0.05) is 45.4 Å². The van der Waals surface area contributed by atoms with Crippen LogP contribution in [0.1, 0.15) is 38.3 Å². The number of hydrogen-bond donors (Lipinski definition) is 2. The highest BCUT2D eigenvalue weighted by Crippen LogP contribution is 2.25. The summed E-state index contributed by atoms with van der Waals surface area (Å²) in [7, 11) is 1.69. The first-order valence-electron chi connectivity index (χ1n) is 10.5. The van der Waals surface area contributed by atoms with Gasteiger partial charge in [0.25, 0.3) is 0 Å². The molecule has 0 radical (unpaired) electrons. The molecule has 0 aromatic heterocycles. The number of ether oxygens (including phenoxy) is 2. The Morgan fingerprint density at radius 3 is 2.68 bits per heavy atom. The molecule has 0 amide bonds. The molecular weight excluding hydrogens is 352 g/mol. The third-order valence-corrected chi connectivity index (χ3v) is 5.14. The first kappa shape index (κ1) is 22.7. The second kappa shape index (κ2) is 12.0. The van der Waals surface area contributed by atoms with Crippen LogP contribution in [0.15, 0.2) is 29.3 Å². The smallest absolute Gasteiger partial charge is 0.191 e.